The third-order valence-corrected chi connectivity index (χ3v) is 5.39. The first kappa shape index (κ1) is 16.1. The van der Waals surface area contributed by atoms with E-state index in [0.717, 1.165) is 12.1 Å². The minimum atomic E-state index is -3.45. The van der Waals surface area contributed by atoms with Crippen LogP contribution in [0.2, 0.25) is 0 Å². The Morgan fingerprint density at radius 3 is 2.75 bits per heavy atom. The van der Waals surface area contributed by atoms with Gasteiger partial charge in [0.05, 0.1) is 27.6 Å². The molecule has 0 amide bonds. The summed E-state index contributed by atoms with van der Waals surface area (Å²) in [5.41, 5.74) is 3.87. The molecule has 0 fully saturated rings. The van der Waals surface area contributed by atoms with Gasteiger partial charge in [0.1, 0.15) is 5.82 Å². The highest BCUT2D eigenvalue weighted by Crippen LogP contribution is 2.26. The predicted molar refractivity (Wildman–Crippen MR) is 86.6 cm³/mol. The van der Waals surface area contributed by atoms with Crippen LogP contribution in [-0.4, -0.2) is 31.0 Å². The smallest absolute Gasteiger partial charge is 0.335 e. The summed E-state index contributed by atoms with van der Waals surface area (Å²) in [7, 11) is -3.45. The fourth-order valence-electron chi connectivity index (χ4n) is 2.44. The Kier molecular flexibility index (Phi) is 4.06. The van der Waals surface area contributed by atoms with E-state index in [4.69, 9.17) is 5.11 Å². The van der Waals surface area contributed by atoms with E-state index < -0.39 is 21.6 Å². The molecule has 0 saturated carbocycles. The Morgan fingerprint density at radius 2 is 2.00 bits per heavy atom. The summed E-state index contributed by atoms with van der Waals surface area (Å²) >= 11 is 0. The zero-order valence-corrected chi connectivity index (χ0v) is 13.2. The molecule has 0 unspecified atom stereocenters. The highest BCUT2D eigenvalue weighted by molar-refractivity contribution is 7.91. The van der Waals surface area contributed by atoms with Gasteiger partial charge in [-0.25, -0.2) is 17.6 Å². The lowest BCUT2D eigenvalue weighted by Gasteiger charge is -2.18. The van der Waals surface area contributed by atoms with Crippen molar-refractivity contribution in [1.82, 2.24) is 0 Å². The van der Waals surface area contributed by atoms with E-state index in [1.165, 1.54) is 18.2 Å². The molecule has 0 spiro atoms. The summed E-state index contributed by atoms with van der Waals surface area (Å²) in [6.45, 7) is 0. The van der Waals surface area contributed by atoms with Crippen LogP contribution in [-0.2, 0) is 9.84 Å². The maximum absolute atomic E-state index is 13.5. The van der Waals surface area contributed by atoms with Crippen molar-refractivity contribution in [2.24, 2.45) is 5.10 Å². The van der Waals surface area contributed by atoms with Crippen LogP contribution in [0.4, 0.5) is 10.1 Å². The van der Waals surface area contributed by atoms with E-state index in [9.17, 15) is 17.6 Å². The maximum atomic E-state index is 13.5. The fraction of sp³-hybridized carbons (Fsp3) is 0.125. The van der Waals surface area contributed by atoms with Gasteiger partial charge in [-0.3, -0.25) is 5.43 Å². The van der Waals surface area contributed by atoms with Crippen molar-refractivity contribution in [1.29, 1.82) is 0 Å². The van der Waals surface area contributed by atoms with Gasteiger partial charge in [-0.15, -0.1) is 0 Å². The number of sulfone groups is 1. The number of halogens is 1. The summed E-state index contributed by atoms with van der Waals surface area (Å²) in [4.78, 5) is 11.0. The lowest BCUT2D eigenvalue weighted by Crippen LogP contribution is -2.23. The van der Waals surface area contributed by atoms with E-state index in [1.807, 2.05) is 0 Å². The van der Waals surface area contributed by atoms with Gasteiger partial charge in [0.25, 0.3) is 0 Å². The molecule has 6 nitrogen and oxygen atoms in total. The number of benzene rings is 2. The minimum absolute atomic E-state index is 0.0509. The van der Waals surface area contributed by atoms with Crippen LogP contribution in [0, 0.1) is 5.82 Å². The Morgan fingerprint density at radius 1 is 1.21 bits per heavy atom. The van der Waals surface area contributed by atoms with Crippen LogP contribution in [0.25, 0.3) is 0 Å². The molecule has 0 saturated heterocycles. The van der Waals surface area contributed by atoms with Crippen LogP contribution in [0.15, 0.2) is 52.5 Å². The van der Waals surface area contributed by atoms with E-state index in [-0.39, 0.29) is 28.2 Å². The molecule has 3 rings (SSSR count). The lowest BCUT2D eigenvalue weighted by atomic mass is 10.1. The predicted octanol–water partition coefficient (Wildman–Crippen LogP) is 2.52. The third-order valence-electron chi connectivity index (χ3n) is 3.62. The molecule has 0 aliphatic carbocycles. The number of fused-ring (bicyclic) bond motifs is 1. The first-order chi connectivity index (χ1) is 11.4. The number of anilines is 1. The second-order valence-electron chi connectivity index (χ2n) is 5.27. The van der Waals surface area contributed by atoms with E-state index in [1.54, 1.807) is 12.1 Å². The van der Waals surface area contributed by atoms with Gasteiger partial charge < -0.3 is 5.11 Å². The van der Waals surface area contributed by atoms with Crippen molar-refractivity contribution in [3.63, 3.8) is 0 Å². The minimum Gasteiger partial charge on any atom is -0.478 e. The van der Waals surface area contributed by atoms with E-state index in [2.05, 4.69) is 10.5 Å². The molecule has 0 aromatic heterocycles. The van der Waals surface area contributed by atoms with Gasteiger partial charge in [0.2, 0.25) is 0 Å². The van der Waals surface area contributed by atoms with Gasteiger partial charge in [-0.2, -0.15) is 5.10 Å². The number of nitrogens with zero attached hydrogens (tertiary/aromatic N) is 1. The van der Waals surface area contributed by atoms with Gasteiger partial charge in [0, 0.05) is 12.0 Å². The maximum Gasteiger partial charge on any atom is 0.335 e. The first-order valence-corrected chi connectivity index (χ1v) is 8.71. The number of carbonyl (C=O) groups is 1. The molecule has 1 aliphatic heterocycles. The van der Waals surface area contributed by atoms with Gasteiger partial charge in [-0.1, -0.05) is 6.07 Å². The van der Waals surface area contributed by atoms with Crippen molar-refractivity contribution in [2.75, 3.05) is 11.2 Å². The molecule has 124 valence electrons. The van der Waals surface area contributed by atoms with Gasteiger partial charge >= 0.3 is 5.97 Å². The second-order valence-corrected chi connectivity index (χ2v) is 7.34. The molecule has 2 aromatic rings. The van der Waals surface area contributed by atoms with E-state index in [0.29, 0.717) is 11.4 Å². The molecule has 1 heterocycles. The highest BCUT2D eigenvalue weighted by Gasteiger charge is 2.28. The fourth-order valence-corrected chi connectivity index (χ4v) is 3.91. The Bertz CT molecular complexity index is 954. The summed E-state index contributed by atoms with van der Waals surface area (Å²) in [5, 5.41) is 13.1. The number of hydrogen-bond acceptors (Lipinski definition) is 5. The summed E-state index contributed by atoms with van der Waals surface area (Å²) < 4.78 is 37.6. The molecule has 0 bridgehead atoms. The third kappa shape index (κ3) is 3.13. The van der Waals surface area contributed by atoms with Crippen LogP contribution < -0.4 is 5.43 Å². The van der Waals surface area contributed by atoms with Crippen LogP contribution in [0.3, 0.4) is 0 Å². The monoisotopic (exact) mass is 348 g/mol. The molecule has 2 aromatic carbocycles. The number of hydrazone groups is 1. The highest BCUT2D eigenvalue weighted by atomic mass is 32.2. The number of hydrogen-bond donors (Lipinski definition) is 2. The topological polar surface area (TPSA) is 95.8 Å². The second kappa shape index (κ2) is 6.04. The summed E-state index contributed by atoms with van der Waals surface area (Å²) in [5.74, 6) is -1.73. The Balaban J connectivity index is 1.96. The first-order valence-electron chi connectivity index (χ1n) is 7.05. The number of rotatable bonds is 3. The Hall–Kier alpha value is -2.74. The standard InChI is InChI=1S/C16H13FN2O4S/c17-11-4-5-15-13(9-11)14(6-7-24(15,22)23)19-18-12-3-1-2-10(8-12)16(20)21/h1-5,8-9,18H,6-7H2,(H,20,21)/b19-14-. The lowest BCUT2D eigenvalue weighted by molar-refractivity contribution is 0.0697. The Labute approximate surface area is 137 Å². The van der Waals surface area contributed by atoms with E-state index >= 15 is 0 Å². The van der Waals surface area contributed by atoms with Crippen LogP contribution in [0.1, 0.15) is 22.3 Å². The average molecular weight is 348 g/mol. The zero-order valence-electron chi connectivity index (χ0n) is 12.4. The normalized spacial score (nSPS) is 17.3. The van der Waals surface area contributed by atoms with Gasteiger partial charge in [-0.05, 0) is 36.4 Å². The van der Waals surface area contributed by atoms with Crippen molar-refractivity contribution < 1.29 is 22.7 Å². The SMILES string of the molecule is O=C(O)c1cccc(N/N=C2/CCS(=O)(=O)c3ccc(F)cc32)c1. The summed E-state index contributed by atoms with van der Waals surface area (Å²) in [6, 6.07) is 9.51. The van der Waals surface area contributed by atoms with Crippen LogP contribution >= 0.6 is 0 Å². The number of carboxylic acids is 1. The van der Waals surface area contributed by atoms with Crippen molar-refractivity contribution in [3.05, 3.63) is 59.4 Å². The van der Waals surface area contributed by atoms with Crippen LogP contribution in [0.5, 0.6) is 0 Å². The molecule has 8 heteroatoms. The molecule has 24 heavy (non-hydrogen) atoms. The molecule has 1 aliphatic rings. The largest absolute Gasteiger partial charge is 0.478 e. The van der Waals surface area contributed by atoms with Crippen molar-refractivity contribution in [3.8, 4) is 0 Å². The molecular formula is C16H13FN2O4S. The van der Waals surface area contributed by atoms with Crippen molar-refractivity contribution >= 4 is 27.2 Å². The van der Waals surface area contributed by atoms with Crippen molar-refractivity contribution in [2.45, 2.75) is 11.3 Å². The molecule has 2 N–H and O–H groups in total. The molecule has 0 atom stereocenters. The number of carboxylic acid groups (broad SMARTS) is 1. The molecule has 0 radical (unpaired) electrons. The number of nitrogens with one attached hydrogen (secondary N) is 1. The quantitative estimate of drug-likeness (QED) is 0.656. The number of aromatic carboxylic acids is 1. The average Bonchev–Trinajstić information content (AvgIpc) is 2.54. The molecular weight excluding hydrogens is 335 g/mol. The summed E-state index contributed by atoms with van der Waals surface area (Å²) in [6.07, 6.45) is 0.143. The zero-order chi connectivity index (χ0) is 17.3. The van der Waals surface area contributed by atoms with Gasteiger partial charge in [0.15, 0.2) is 9.84 Å².